The summed E-state index contributed by atoms with van der Waals surface area (Å²) in [5.74, 6) is -0.451. The van der Waals surface area contributed by atoms with Crippen molar-refractivity contribution in [3.63, 3.8) is 0 Å². The van der Waals surface area contributed by atoms with Gasteiger partial charge in [0, 0.05) is 12.1 Å². The van der Waals surface area contributed by atoms with Gasteiger partial charge in [0.15, 0.2) is 5.58 Å². The Labute approximate surface area is 161 Å². The number of nitrogens with zero attached hydrogens (tertiary/aromatic N) is 1. The first-order chi connectivity index (χ1) is 13.5. The van der Waals surface area contributed by atoms with Crippen molar-refractivity contribution in [2.45, 2.75) is 0 Å². The Balaban J connectivity index is 1.77. The number of ether oxygens (including phenoxy) is 1. The molecule has 0 spiro atoms. The Morgan fingerprint density at radius 3 is 2.39 bits per heavy atom. The van der Waals surface area contributed by atoms with E-state index in [2.05, 4.69) is 0 Å². The predicted octanol–water partition coefficient (Wildman–Crippen LogP) is 4.65. The van der Waals surface area contributed by atoms with Gasteiger partial charge < -0.3 is 9.15 Å². The molecule has 28 heavy (non-hydrogen) atoms. The lowest BCUT2D eigenvalue weighted by Crippen LogP contribution is -2.09. The van der Waals surface area contributed by atoms with Gasteiger partial charge in [-0.05, 0) is 29.8 Å². The molecule has 7 nitrogen and oxygen atoms in total. The van der Waals surface area contributed by atoms with E-state index >= 15 is 0 Å². The van der Waals surface area contributed by atoms with Crippen molar-refractivity contribution in [1.82, 2.24) is 0 Å². The third kappa shape index (κ3) is 3.28. The quantitative estimate of drug-likeness (QED) is 0.217. The third-order valence-electron chi connectivity index (χ3n) is 4.04. The number of esters is 1. The van der Waals surface area contributed by atoms with Gasteiger partial charge >= 0.3 is 10.9 Å². The summed E-state index contributed by atoms with van der Waals surface area (Å²) in [6.45, 7) is 0. The monoisotopic (exact) mass is 393 g/mol. The molecule has 0 fully saturated rings. The summed E-state index contributed by atoms with van der Waals surface area (Å²) in [7, 11) is 0. The molecule has 1 heterocycles. The highest BCUT2D eigenvalue weighted by molar-refractivity contribution is 7.16. The van der Waals surface area contributed by atoms with E-state index in [1.54, 1.807) is 12.1 Å². The number of fused-ring (bicyclic) bond motifs is 1. The number of benzene rings is 3. The van der Waals surface area contributed by atoms with E-state index in [1.807, 2.05) is 30.3 Å². The summed E-state index contributed by atoms with van der Waals surface area (Å²) in [6.07, 6.45) is 0. The van der Waals surface area contributed by atoms with Crippen LogP contribution in [0.2, 0.25) is 0 Å². The number of rotatable bonds is 4. The van der Waals surface area contributed by atoms with Gasteiger partial charge in [-0.3, -0.25) is 10.1 Å². The largest absolute Gasteiger partial charge is 0.422 e. The summed E-state index contributed by atoms with van der Waals surface area (Å²) in [5, 5.41) is 10.8. The Bertz CT molecular complexity index is 1240. The molecule has 0 saturated carbocycles. The zero-order valence-electron chi connectivity index (χ0n) is 14.2. The second-order valence-electron chi connectivity index (χ2n) is 5.78. The highest BCUT2D eigenvalue weighted by atomic mass is 32.1. The zero-order chi connectivity index (χ0) is 19.7. The van der Waals surface area contributed by atoms with Gasteiger partial charge in [0.1, 0.15) is 5.75 Å². The molecule has 0 aliphatic carbocycles. The van der Waals surface area contributed by atoms with Crippen LogP contribution in [0.25, 0.3) is 21.4 Å². The van der Waals surface area contributed by atoms with E-state index in [4.69, 9.17) is 9.15 Å². The number of non-ortho nitro benzene ring substituents is 1. The van der Waals surface area contributed by atoms with Crippen LogP contribution in [0.5, 0.6) is 5.75 Å². The van der Waals surface area contributed by atoms with Crippen molar-refractivity contribution in [1.29, 1.82) is 0 Å². The minimum absolute atomic E-state index is 0.122. The van der Waals surface area contributed by atoms with Crippen molar-refractivity contribution in [2.24, 2.45) is 0 Å². The molecule has 0 amide bonds. The van der Waals surface area contributed by atoms with Gasteiger partial charge in [-0.1, -0.05) is 41.7 Å². The molecule has 0 aliphatic heterocycles. The maximum absolute atomic E-state index is 12.5. The lowest BCUT2D eigenvalue weighted by Gasteiger charge is -2.11. The second-order valence-corrected chi connectivity index (χ2v) is 6.76. The van der Waals surface area contributed by atoms with E-state index in [0.717, 1.165) is 16.9 Å². The molecule has 4 rings (SSSR count). The standard InChI is InChI=1S/C20H11NO6S/c22-19(13-6-8-14(9-7-13)21(24)25)26-15-10-11-16-18(27-20(23)28-16)17(15)12-4-2-1-3-5-12/h1-11H. The Kier molecular flexibility index (Phi) is 4.46. The maximum atomic E-state index is 12.5. The fourth-order valence-electron chi connectivity index (χ4n) is 2.76. The van der Waals surface area contributed by atoms with Gasteiger partial charge in [0.2, 0.25) is 0 Å². The summed E-state index contributed by atoms with van der Waals surface area (Å²) in [4.78, 5) is 34.0. The van der Waals surface area contributed by atoms with Crippen molar-refractivity contribution >= 4 is 33.3 Å². The number of hydrogen-bond donors (Lipinski definition) is 0. The SMILES string of the molecule is O=C(Oc1ccc2sc(=O)oc2c1-c1ccccc1)c1ccc([N+](=O)[O-])cc1. The fourth-order valence-corrected chi connectivity index (χ4v) is 3.44. The average Bonchev–Trinajstić information content (AvgIpc) is 3.08. The second kappa shape index (κ2) is 7.09. The molecule has 0 aliphatic rings. The van der Waals surface area contributed by atoms with Crippen LogP contribution in [0.15, 0.2) is 75.9 Å². The average molecular weight is 393 g/mol. The normalized spacial score (nSPS) is 10.7. The third-order valence-corrected chi connectivity index (χ3v) is 4.83. The number of hydrogen-bond acceptors (Lipinski definition) is 7. The van der Waals surface area contributed by atoms with Crippen LogP contribution in [0, 0.1) is 10.1 Å². The molecule has 0 atom stereocenters. The number of carbonyl (C=O) groups is 1. The number of nitro benzene ring substituents is 1. The minimum atomic E-state index is -0.677. The molecule has 0 unspecified atom stereocenters. The molecular formula is C20H11NO6S. The van der Waals surface area contributed by atoms with Gasteiger partial charge in [-0.2, -0.15) is 0 Å². The highest BCUT2D eigenvalue weighted by Crippen LogP contribution is 2.38. The van der Waals surface area contributed by atoms with Crippen LogP contribution < -0.4 is 9.68 Å². The first-order valence-electron chi connectivity index (χ1n) is 8.11. The lowest BCUT2D eigenvalue weighted by molar-refractivity contribution is -0.384. The number of carbonyl (C=O) groups excluding carboxylic acids is 1. The van der Waals surface area contributed by atoms with Crippen LogP contribution in [0.3, 0.4) is 0 Å². The molecule has 0 N–H and O–H groups in total. The molecule has 0 bridgehead atoms. The van der Waals surface area contributed by atoms with E-state index in [1.165, 1.54) is 24.3 Å². The maximum Gasteiger partial charge on any atom is 0.396 e. The first kappa shape index (κ1) is 17.6. The van der Waals surface area contributed by atoms with Gasteiger partial charge in [0.05, 0.1) is 20.8 Å². The fraction of sp³-hybridized carbons (Fsp3) is 0. The minimum Gasteiger partial charge on any atom is -0.422 e. The summed E-state index contributed by atoms with van der Waals surface area (Å²) >= 11 is 0.963. The van der Waals surface area contributed by atoms with Crippen molar-refractivity contribution in [3.8, 4) is 16.9 Å². The lowest BCUT2D eigenvalue weighted by atomic mass is 10.0. The van der Waals surface area contributed by atoms with Gasteiger partial charge in [-0.25, -0.2) is 9.59 Å². The Morgan fingerprint density at radius 2 is 1.71 bits per heavy atom. The van der Waals surface area contributed by atoms with Crippen molar-refractivity contribution < 1.29 is 18.9 Å². The smallest absolute Gasteiger partial charge is 0.396 e. The molecule has 1 aromatic heterocycles. The molecule has 8 heteroatoms. The van der Waals surface area contributed by atoms with Crippen LogP contribution in [-0.4, -0.2) is 10.9 Å². The molecule has 4 aromatic rings. The molecular weight excluding hydrogens is 382 g/mol. The van der Waals surface area contributed by atoms with E-state index in [0.29, 0.717) is 15.8 Å². The molecule has 0 saturated heterocycles. The van der Waals surface area contributed by atoms with Gasteiger partial charge in [-0.15, -0.1) is 0 Å². The zero-order valence-corrected chi connectivity index (χ0v) is 15.0. The van der Waals surface area contributed by atoms with E-state index in [-0.39, 0.29) is 17.0 Å². The van der Waals surface area contributed by atoms with E-state index < -0.39 is 15.8 Å². The van der Waals surface area contributed by atoms with Crippen molar-refractivity contribution in [3.05, 3.63) is 92.1 Å². The molecule has 3 aromatic carbocycles. The number of nitro groups is 1. The summed E-state index contributed by atoms with van der Waals surface area (Å²) in [6, 6.07) is 17.5. The van der Waals surface area contributed by atoms with Crippen LogP contribution >= 0.6 is 11.3 Å². The summed E-state index contributed by atoms with van der Waals surface area (Å²) < 4.78 is 11.5. The van der Waals surface area contributed by atoms with E-state index in [9.17, 15) is 19.7 Å². The predicted molar refractivity (Wildman–Crippen MR) is 104 cm³/mol. The van der Waals surface area contributed by atoms with Crippen LogP contribution in [0.4, 0.5) is 5.69 Å². The molecule has 0 radical (unpaired) electrons. The Morgan fingerprint density at radius 1 is 1.00 bits per heavy atom. The van der Waals surface area contributed by atoms with Gasteiger partial charge in [0.25, 0.3) is 5.69 Å². The topological polar surface area (TPSA) is 99.7 Å². The highest BCUT2D eigenvalue weighted by Gasteiger charge is 2.19. The molecule has 138 valence electrons. The first-order valence-corrected chi connectivity index (χ1v) is 8.93. The summed E-state index contributed by atoms with van der Waals surface area (Å²) in [5.41, 5.74) is 1.60. The van der Waals surface area contributed by atoms with Crippen LogP contribution in [-0.2, 0) is 0 Å². The van der Waals surface area contributed by atoms with Crippen LogP contribution in [0.1, 0.15) is 10.4 Å². The van der Waals surface area contributed by atoms with Crippen molar-refractivity contribution in [2.75, 3.05) is 0 Å². The Hall–Kier alpha value is -3.78.